The zero-order valence-electron chi connectivity index (χ0n) is 8.51. The van der Waals surface area contributed by atoms with E-state index in [2.05, 4.69) is 46.2 Å². The van der Waals surface area contributed by atoms with Gasteiger partial charge in [0, 0.05) is 33.9 Å². The Hall–Kier alpha value is 0.1000. The summed E-state index contributed by atoms with van der Waals surface area (Å²) in [4.78, 5) is 5.26. The average molecular weight is 275 g/mol. The van der Waals surface area contributed by atoms with Gasteiger partial charge in [-0.2, -0.15) is 0 Å². The maximum absolute atomic E-state index is 3.64. The van der Waals surface area contributed by atoms with Crippen molar-refractivity contribution in [3.63, 3.8) is 0 Å². The molecule has 2 heterocycles. The van der Waals surface area contributed by atoms with Crippen molar-refractivity contribution in [1.29, 1.82) is 0 Å². The summed E-state index contributed by atoms with van der Waals surface area (Å²) in [6, 6.07) is 2.75. The Balaban J connectivity index is 2.24. The van der Waals surface area contributed by atoms with Crippen LogP contribution in [0.3, 0.4) is 0 Å². The highest BCUT2D eigenvalue weighted by Crippen LogP contribution is 2.34. The van der Waals surface area contributed by atoms with Crippen LogP contribution in [0.4, 0.5) is 0 Å². The average Bonchev–Trinajstić information content (AvgIpc) is 2.46. The summed E-state index contributed by atoms with van der Waals surface area (Å²) in [5.74, 6) is 0. The number of nitrogens with one attached hydrogen (secondary N) is 1. The largest absolute Gasteiger partial charge is 0.314 e. The summed E-state index contributed by atoms with van der Waals surface area (Å²) in [5, 5.41) is 3.44. The lowest BCUT2D eigenvalue weighted by Gasteiger charge is -2.32. The smallest absolute Gasteiger partial charge is 0.0576 e. The Bertz CT molecular complexity index is 324. The van der Waals surface area contributed by atoms with Crippen LogP contribution in [0.2, 0.25) is 0 Å². The Kier molecular flexibility index (Phi) is 3.27. The third kappa shape index (κ3) is 2.03. The van der Waals surface area contributed by atoms with E-state index >= 15 is 0 Å². The molecule has 1 N–H and O–H groups in total. The molecule has 0 aromatic carbocycles. The molecule has 78 valence electrons. The number of likely N-dealkylation sites (N-methyl/N-ethyl adjacent to an activating group) is 1. The first-order valence-electron chi connectivity index (χ1n) is 4.85. The molecule has 2 nitrogen and oxygen atoms in total. The minimum atomic E-state index is 0.539. The molecule has 0 saturated carbocycles. The number of hydrogen-bond acceptors (Lipinski definition) is 3. The molecule has 14 heavy (non-hydrogen) atoms. The number of halogens is 1. The van der Waals surface area contributed by atoms with Crippen molar-refractivity contribution in [2.24, 2.45) is 0 Å². The van der Waals surface area contributed by atoms with Gasteiger partial charge in [-0.05, 0) is 36.0 Å². The summed E-state index contributed by atoms with van der Waals surface area (Å²) < 4.78 is 1.26. The molecule has 1 aliphatic heterocycles. The number of nitrogens with zero attached hydrogens (tertiary/aromatic N) is 1. The fourth-order valence-electron chi connectivity index (χ4n) is 1.83. The third-order valence-corrected chi connectivity index (χ3v) is 4.72. The summed E-state index contributed by atoms with van der Waals surface area (Å²) >= 11 is 5.53. The van der Waals surface area contributed by atoms with Crippen LogP contribution in [0.15, 0.2) is 10.5 Å². The molecule has 2 rings (SSSR count). The molecule has 1 aromatic heterocycles. The Morgan fingerprint density at radius 3 is 3.00 bits per heavy atom. The molecule has 0 bridgehead atoms. The van der Waals surface area contributed by atoms with Crippen LogP contribution in [0.5, 0.6) is 0 Å². The van der Waals surface area contributed by atoms with Gasteiger partial charge in [0.05, 0.1) is 6.04 Å². The quantitative estimate of drug-likeness (QED) is 0.846. The minimum absolute atomic E-state index is 0.539. The lowest BCUT2D eigenvalue weighted by Crippen LogP contribution is -2.43. The first-order valence-corrected chi connectivity index (χ1v) is 6.46. The molecular weight excluding hydrogens is 260 g/mol. The van der Waals surface area contributed by atoms with E-state index in [1.54, 1.807) is 0 Å². The first-order chi connectivity index (χ1) is 6.68. The molecule has 1 fully saturated rings. The zero-order valence-corrected chi connectivity index (χ0v) is 10.9. The standard InChI is InChI=1S/C10H15BrN2S/c1-7-5-8(11)10(14-7)9-6-12-3-4-13(9)2/h5,9,12H,3-4,6H2,1-2H3. The SMILES string of the molecule is Cc1cc(Br)c(C2CNCCN2C)s1. The number of rotatable bonds is 1. The van der Waals surface area contributed by atoms with Gasteiger partial charge in [-0.1, -0.05) is 0 Å². The van der Waals surface area contributed by atoms with Crippen molar-refractivity contribution >= 4 is 27.3 Å². The van der Waals surface area contributed by atoms with E-state index in [-0.39, 0.29) is 0 Å². The first kappa shape index (κ1) is 10.6. The predicted molar refractivity (Wildman–Crippen MR) is 65.0 cm³/mol. The molecule has 0 amide bonds. The van der Waals surface area contributed by atoms with E-state index in [0.29, 0.717) is 6.04 Å². The number of piperazine rings is 1. The van der Waals surface area contributed by atoms with E-state index in [1.807, 2.05) is 11.3 Å². The molecule has 1 aliphatic rings. The molecule has 0 radical (unpaired) electrons. The molecular formula is C10H15BrN2S. The lowest BCUT2D eigenvalue weighted by molar-refractivity contribution is 0.205. The molecule has 0 spiro atoms. The highest BCUT2D eigenvalue weighted by Gasteiger charge is 2.23. The van der Waals surface area contributed by atoms with Crippen molar-refractivity contribution in [2.75, 3.05) is 26.7 Å². The highest BCUT2D eigenvalue weighted by atomic mass is 79.9. The normalized spacial score (nSPS) is 24.1. The van der Waals surface area contributed by atoms with E-state index < -0.39 is 0 Å². The molecule has 1 atom stereocenters. The van der Waals surface area contributed by atoms with E-state index in [9.17, 15) is 0 Å². The van der Waals surface area contributed by atoms with Gasteiger partial charge < -0.3 is 5.32 Å². The minimum Gasteiger partial charge on any atom is -0.314 e. The van der Waals surface area contributed by atoms with Gasteiger partial charge >= 0.3 is 0 Å². The van der Waals surface area contributed by atoms with Crippen molar-refractivity contribution in [3.05, 3.63) is 20.3 Å². The topological polar surface area (TPSA) is 15.3 Å². The Labute approximate surface area is 97.4 Å². The second-order valence-electron chi connectivity index (χ2n) is 3.77. The summed E-state index contributed by atoms with van der Waals surface area (Å²) in [7, 11) is 2.20. The van der Waals surface area contributed by atoms with Crippen molar-refractivity contribution < 1.29 is 0 Å². The summed E-state index contributed by atoms with van der Waals surface area (Å²) in [5.41, 5.74) is 0. The van der Waals surface area contributed by atoms with E-state index in [4.69, 9.17) is 0 Å². The predicted octanol–water partition coefficient (Wildman–Crippen LogP) is 2.40. The number of thiophene rings is 1. The van der Waals surface area contributed by atoms with Crippen LogP contribution in [-0.2, 0) is 0 Å². The highest BCUT2D eigenvalue weighted by molar-refractivity contribution is 9.10. The van der Waals surface area contributed by atoms with Gasteiger partial charge in [-0.15, -0.1) is 11.3 Å². The number of hydrogen-bond donors (Lipinski definition) is 1. The van der Waals surface area contributed by atoms with E-state index in [1.165, 1.54) is 14.2 Å². The summed E-state index contributed by atoms with van der Waals surface area (Å²) in [6.07, 6.45) is 0. The van der Waals surface area contributed by atoms with Gasteiger partial charge in [0.15, 0.2) is 0 Å². The van der Waals surface area contributed by atoms with Gasteiger partial charge in [-0.3, -0.25) is 4.90 Å². The van der Waals surface area contributed by atoms with Crippen molar-refractivity contribution in [1.82, 2.24) is 10.2 Å². The maximum Gasteiger partial charge on any atom is 0.0576 e. The second kappa shape index (κ2) is 4.31. The molecule has 1 unspecified atom stereocenters. The fourth-order valence-corrected chi connectivity index (χ4v) is 3.91. The van der Waals surface area contributed by atoms with Gasteiger partial charge in [-0.25, -0.2) is 0 Å². The molecule has 0 aliphatic carbocycles. The van der Waals surface area contributed by atoms with Gasteiger partial charge in [0.25, 0.3) is 0 Å². The van der Waals surface area contributed by atoms with Crippen molar-refractivity contribution in [2.45, 2.75) is 13.0 Å². The number of aryl methyl sites for hydroxylation is 1. The van der Waals surface area contributed by atoms with Crippen LogP contribution in [0.1, 0.15) is 15.8 Å². The van der Waals surface area contributed by atoms with Crippen LogP contribution in [0.25, 0.3) is 0 Å². The Morgan fingerprint density at radius 1 is 1.64 bits per heavy atom. The summed E-state index contributed by atoms with van der Waals surface area (Å²) in [6.45, 7) is 5.47. The monoisotopic (exact) mass is 274 g/mol. The van der Waals surface area contributed by atoms with Crippen LogP contribution >= 0.6 is 27.3 Å². The molecule has 1 aromatic rings. The fraction of sp³-hybridized carbons (Fsp3) is 0.600. The second-order valence-corrected chi connectivity index (χ2v) is 5.91. The van der Waals surface area contributed by atoms with Crippen LogP contribution in [-0.4, -0.2) is 31.6 Å². The van der Waals surface area contributed by atoms with E-state index in [0.717, 1.165) is 19.6 Å². The Morgan fingerprint density at radius 2 is 2.43 bits per heavy atom. The molecule has 4 heteroatoms. The van der Waals surface area contributed by atoms with Crippen molar-refractivity contribution in [3.8, 4) is 0 Å². The maximum atomic E-state index is 3.64. The van der Waals surface area contributed by atoms with Crippen LogP contribution < -0.4 is 5.32 Å². The molecule has 1 saturated heterocycles. The lowest BCUT2D eigenvalue weighted by atomic mass is 10.2. The zero-order chi connectivity index (χ0) is 10.1. The third-order valence-electron chi connectivity index (χ3n) is 2.65. The van der Waals surface area contributed by atoms with Gasteiger partial charge in [0.1, 0.15) is 0 Å². The van der Waals surface area contributed by atoms with Crippen LogP contribution in [0, 0.1) is 6.92 Å². The van der Waals surface area contributed by atoms with Gasteiger partial charge in [0.2, 0.25) is 0 Å².